The van der Waals surface area contributed by atoms with Crippen LogP contribution in [-0.4, -0.2) is 37.8 Å². The third kappa shape index (κ3) is 2.80. The monoisotopic (exact) mass is 271 g/mol. The Bertz CT molecular complexity index is 537. The molecule has 17 heavy (non-hydrogen) atoms. The van der Waals surface area contributed by atoms with E-state index in [0.29, 0.717) is 11.6 Å². The summed E-state index contributed by atoms with van der Waals surface area (Å²) < 4.78 is 1.96. The molecule has 0 saturated heterocycles. The van der Waals surface area contributed by atoms with Crippen LogP contribution in [0.1, 0.15) is 15.4 Å². The van der Waals surface area contributed by atoms with Gasteiger partial charge >= 0.3 is 0 Å². The highest BCUT2D eigenvalue weighted by atomic mass is 35.5. The lowest BCUT2D eigenvalue weighted by Gasteiger charge is -2.13. The third-order valence-electron chi connectivity index (χ3n) is 2.11. The van der Waals surface area contributed by atoms with Gasteiger partial charge in [0.2, 0.25) is 9.47 Å². The van der Waals surface area contributed by atoms with Gasteiger partial charge in [-0.3, -0.25) is 9.48 Å². The van der Waals surface area contributed by atoms with Gasteiger partial charge in [0.1, 0.15) is 0 Å². The first kappa shape index (κ1) is 12.0. The van der Waals surface area contributed by atoms with E-state index in [2.05, 4.69) is 15.3 Å². The molecule has 0 aliphatic carbocycles. The van der Waals surface area contributed by atoms with Gasteiger partial charge in [-0.15, -0.1) is 10.2 Å². The highest BCUT2D eigenvalue weighted by Crippen LogP contribution is 2.16. The Labute approximate surface area is 107 Å². The summed E-state index contributed by atoms with van der Waals surface area (Å²) in [5.41, 5.74) is 0.957. The van der Waals surface area contributed by atoms with Crippen LogP contribution in [-0.2, 0) is 13.6 Å². The van der Waals surface area contributed by atoms with Gasteiger partial charge in [0.15, 0.2) is 0 Å². The predicted molar refractivity (Wildman–Crippen MR) is 63.9 cm³/mol. The summed E-state index contributed by atoms with van der Waals surface area (Å²) >= 11 is 6.70. The van der Waals surface area contributed by atoms with Crippen LogP contribution >= 0.6 is 22.9 Å². The van der Waals surface area contributed by atoms with Gasteiger partial charge in [0, 0.05) is 32.4 Å². The summed E-state index contributed by atoms with van der Waals surface area (Å²) in [4.78, 5) is 13.5. The van der Waals surface area contributed by atoms with Crippen LogP contribution in [0.25, 0.3) is 0 Å². The Morgan fingerprint density at radius 1 is 1.59 bits per heavy atom. The van der Waals surface area contributed by atoms with Crippen molar-refractivity contribution in [3.05, 3.63) is 27.4 Å². The number of hydrogen-bond donors (Lipinski definition) is 0. The van der Waals surface area contributed by atoms with Gasteiger partial charge in [-0.25, -0.2) is 0 Å². The second kappa shape index (κ2) is 4.80. The highest BCUT2D eigenvalue weighted by Gasteiger charge is 2.17. The molecular weight excluding hydrogens is 262 g/mol. The zero-order valence-corrected chi connectivity index (χ0v) is 10.9. The maximum absolute atomic E-state index is 11.9. The number of nitrogens with zero attached hydrogens (tertiary/aromatic N) is 5. The molecule has 90 valence electrons. The minimum Gasteiger partial charge on any atom is -0.335 e. The summed E-state index contributed by atoms with van der Waals surface area (Å²) in [7, 11) is 3.53. The molecule has 8 heteroatoms. The minimum atomic E-state index is -0.196. The molecule has 0 bridgehead atoms. The fraction of sp³-hybridized carbons (Fsp3) is 0.333. The van der Waals surface area contributed by atoms with E-state index in [-0.39, 0.29) is 10.4 Å². The van der Waals surface area contributed by atoms with Crippen molar-refractivity contribution in [3.63, 3.8) is 0 Å². The fourth-order valence-electron chi connectivity index (χ4n) is 1.35. The van der Waals surface area contributed by atoms with Crippen molar-refractivity contribution in [3.8, 4) is 0 Å². The first-order valence-corrected chi connectivity index (χ1v) is 5.97. The van der Waals surface area contributed by atoms with E-state index in [4.69, 9.17) is 11.6 Å². The van der Waals surface area contributed by atoms with Crippen molar-refractivity contribution in [2.24, 2.45) is 7.05 Å². The Kier molecular flexibility index (Phi) is 3.39. The van der Waals surface area contributed by atoms with Crippen molar-refractivity contribution in [2.75, 3.05) is 7.05 Å². The van der Waals surface area contributed by atoms with Crippen LogP contribution < -0.4 is 0 Å². The van der Waals surface area contributed by atoms with Crippen LogP contribution in [0.5, 0.6) is 0 Å². The van der Waals surface area contributed by atoms with Crippen molar-refractivity contribution < 1.29 is 4.79 Å². The van der Waals surface area contributed by atoms with Crippen molar-refractivity contribution in [2.45, 2.75) is 6.54 Å². The standard InChI is InChI=1S/C9H10ClN5OS/c1-14(4-6-3-11-15(2)5-6)8(16)7-12-13-9(10)17-7/h3,5H,4H2,1-2H3. The van der Waals surface area contributed by atoms with Crippen LogP contribution in [0.15, 0.2) is 12.4 Å². The Hall–Kier alpha value is -1.47. The normalized spacial score (nSPS) is 10.5. The van der Waals surface area contributed by atoms with E-state index in [0.717, 1.165) is 16.9 Å². The largest absolute Gasteiger partial charge is 0.335 e. The molecule has 0 fully saturated rings. The second-order valence-electron chi connectivity index (χ2n) is 3.54. The minimum absolute atomic E-state index is 0.196. The molecule has 2 rings (SSSR count). The smallest absolute Gasteiger partial charge is 0.284 e. The molecule has 0 radical (unpaired) electrons. The number of amides is 1. The molecule has 0 saturated carbocycles. The fourth-order valence-corrected chi connectivity index (χ4v) is 2.18. The van der Waals surface area contributed by atoms with E-state index in [9.17, 15) is 4.79 Å². The molecule has 0 aromatic carbocycles. The zero-order valence-electron chi connectivity index (χ0n) is 9.29. The summed E-state index contributed by atoms with van der Waals surface area (Å²) in [6.45, 7) is 0.476. The Morgan fingerprint density at radius 3 is 2.88 bits per heavy atom. The molecule has 2 aromatic rings. The molecule has 1 amide bonds. The van der Waals surface area contributed by atoms with Crippen molar-refractivity contribution in [1.29, 1.82) is 0 Å². The lowest BCUT2D eigenvalue weighted by atomic mass is 10.3. The number of aryl methyl sites for hydroxylation is 1. The molecule has 0 N–H and O–H groups in total. The zero-order chi connectivity index (χ0) is 12.4. The summed E-state index contributed by atoms with van der Waals surface area (Å²) in [6.07, 6.45) is 3.58. The number of rotatable bonds is 3. The third-order valence-corrected chi connectivity index (χ3v) is 3.11. The second-order valence-corrected chi connectivity index (χ2v) is 5.10. The van der Waals surface area contributed by atoms with E-state index in [1.807, 2.05) is 13.2 Å². The average Bonchev–Trinajstić information content (AvgIpc) is 2.87. The lowest BCUT2D eigenvalue weighted by Crippen LogP contribution is -2.25. The van der Waals surface area contributed by atoms with Crippen LogP contribution in [0.4, 0.5) is 0 Å². The summed E-state index contributed by atoms with van der Waals surface area (Å²) in [6, 6.07) is 0. The maximum Gasteiger partial charge on any atom is 0.284 e. The van der Waals surface area contributed by atoms with Crippen molar-refractivity contribution >= 4 is 28.8 Å². The molecule has 0 atom stereocenters. The highest BCUT2D eigenvalue weighted by molar-refractivity contribution is 7.17. The summed E-state index contributed by atoms with van der Waals surface area (Å²) in [5.74, 6) is -0.196. The SMILES string of the molecule is CN(Cc1cnn(C)c1)C(=O)c1nnc(Cl)s1. The molecule has 0 unspecified atom stereocenters. The molecule has 0 aliphatic rings. The first-order valence-electron chi connectivity index (χ1n) is 4.78. The lowest BCUT2D eigenvalue weighted by molar-refractivity contribution is 0.0784. The van der Waals surface area contributed by atoms with Gasteiger partial charge in [-0.05, 0) is 11.6 Å². The van der Waals surface area contributed by atoms with E-state index >= 15 is 0 Å². The summed E-state index contributed by atoms with van der Waals surface area (Å²) in [5, 5.41) is 11.6. The number of aromatic nitrogens is 4. The van der Waals surface area contributed by atoms with E-state index < -0.39 is 0 Å². The number of halogens is 1. The van der Waals surface area contributed by atoms with E-state index in [1.165, 1.54) is 0 Å². The predicted octanol–water partition coefficient (Wildman–Crippen LogP) is 1.20. The molecule has 0 spiro atoms. The van der Waals surface area contributed by atoms with Crippen molar-refractivity contribution in [1.82, 2.24) is 24.9 Å². The molecule has 6 nitrogen and oxygen atoms in total. The Morgan fingerprint density at radius 2 is 2.35 bits per heavy atom. The van der Waals surface area contributed by atoms with Crippen LogP contribution in [0.2, 0.25) is 4.47 Å². The van der Waals surface area contributed by atoms with E-state index in [1.54, 1.807) is 22.8 Å². The Balaban J connectivity index is 2.05. The number of hydrogen-bond acceptors (Lipinski definition) is 5. The van der Waals surface area contributed by atoms with Gasteiger partial charge in [-0.2, -0.15) is 5.10 Å². The average molecular weight is 272 g/mol. The topological polar surface area (TPSA) is 63.9 Å². The molecular formula is C9H10ClN5OS. The maximum atomic E-state index is 11.9. The molecule has 2 aromatic heterocycles. The van der Waals surface area contributed by atoms with Gasteiger partial charge in [0.25, 0.3) is 5.91 Å². The number of carbonyl (C=O) groups excluding carboxylic acids is 1. The van der Waals surface area contributed by atoms with Gasteiger partial charge in [-0.1, -0.05) is 11.3 Å². The quantitative estimate of drug-likeness (QED) is 0.841. The van der Waals surface area contributed by atoms with Crippen LogP contribution in [0, 0.1) is 0 Å². The molecule has 0 aliphatic heterocycles. The van der Waals surface area contributed by atoms with Crippen LogP contribution in [0.3, 0.4) is 0 Å². The molecule has 2 heterocycles. The van der Waals surface area contributed by atoms with Gasteiger partial charge in [0.05, 0.1) is 6.20 Å². The number of carbonyl (C=O) groups is 1. The first-order chi connectivity index (χ1) is 8.06. The van der Waals surface area contributed by atoms with Gasteiger partial charge < -0.3 is 4.90 Å².